The summed E-state index contributed by atoms with van der Waals surface area (Å²) in [4.78, 5) is 21.1. The molecule has 21 heavy (non-hydrogen) atoms. The van der Waals surface area contributed by atoms with Gasteiger partial charge in [0.25, 0.3) is 0 Å². The highest BCUT2D eigenvalue weighted by atomic mass is 32.2. The van der Waals surface area contributed by atoms with Crippen molar-refractivity contribution in [1.82, 2.24) is 9.97 Å². The predicted molar refractivity (Wildman–Crippen MR) is 85.9 cm³/mol. The zero-order valence-corrected chi connectivity index (χ0v) is 11.9. The summed E-state index contributed by atoms with van der Waals surface area (Å²) in [5.74, 6) is 0.825. The van der Waals surface area contributed by atoms with Crippen molar-refractivity contribution >= 4 is 33.5 Å². The molecule has 1 aromatic heterocycles. The minimum Gasteiger partial charge on any atom is -0.341 e. The van der Waals surface area contributed by atoms with Crippen molar-refractivity contribution < 1.29 is 4.79 Å². The van der Waals surface area contributed by atoms with Crippen LogP contribution in [-0.4, -0.2) is 15.8 Å². The summed E-state index contributed by atoms with van der Waals surface area (Å²) in [7, 11) is 0. The van der Waals surface area contributed by atoms with Crippen LogP contribution in [0.1, 0.15) is 16.6 Å². The van der Waals surface area contributed by atoms with Gasteiger partial charge < -0.3 is 4.98 Å². The van der Waals surface area contributed by atoms with E-state index in [2.05, 4.69) is 9.97 Å². The van der Waals surface area contributed by atoms with E-state index in [1.165, 1.54) is 0 Å². The highest BCUT2D eigenvalue weighted by Gasteiger charge is 2.30. The Bertz CT molecular complexity index is 818. The van der Waals surface area contributed by atoms with E-state index in [0.29, 0.717) is 0 Å². The molecule has 0 bridgehead atoms. The molecule has 0 saturated carbocycles. The Morgan fingerprint density at radius 1 is 1.00 bits per heavy atom. The first-order valence-electron chi connectivity index (χ1n) is 6.73. The summed E-state index contributed by atoms with van der Waals surface area (Å²) >= 11 is 1.56. The molecular formula is C17H12N2OS. The molecule has 0 saturated heterocycles. The molecule has 3 aromatic rings. The molecule has 0 amide bonds. The highest BCUT2D eigenvalue weighted by Crippen LogP contribution is 2.45. The first-order chi connectivity index (χ1) is 10.3. The number of benzene rings is 2. The predicted octanol–water partition coefficient (Wildman–Crippen LogP) is 3.96. The number of nitrogens with zero attached hydrogens (tertiary/aromatic N) is 1. The third-order valence-electron chi connectivity index (χ3n) is 3.49. The fraction of sp³-hybridized carbons (Fsp3) is 0.0588. The Morgan fingerprint density at radius 2 is 1.76 bits per heavy atom. The second-order valence-corrected chi connectivity index (χ2v) is 6.06. The molecule has 1 N–H and O–H groups in total. The number of thioether (sulfide) groups is 1. The highest BCUT2D eigenvalue weighted by molar-refractivity contribution is 8.09. The Morgan fingerprint density at radius 3 is 2.57 bits per heavy atom. The third-order valence-corrected chi connectivity index (χ3v) is 4.79. The fourth-order valence-corrected chi connectivity index (χ4v) is 3.58. The van der Waals surface area contributed by atoms with Crippen molar-refractivity contribution in [2.75, 3.05) is 0 Å². The van der Waals surface area contributed by atoms with Crippen molar-refractivity contribution in [3.05, 3.63) is 72.1 Å². The fourth-order valence-electron chi connectivity index (χ4n) is 2.47. The van der Waals surface area contributed by atoms with Gasteiger partial charge in [0.2, 0.25) is 0 Å². The lowest BCUT2D eigenvalue weighted by atomic mass is 10.2. The molecule has 0 radical (unpaired) electrons. The summed E-state index contributed by atoms with van der Waals surface area (Å²) in [5, 5.41) is -0.271. The number of aromatic amines is 1. The van der Waals surface area contributed by atoms with Crippen molar-refractivity contribution in [1.29, 1.82) is 0 Å². The number of hydrogen-bond donors (Lipinski definition) is 1. The van der Waals surface area contributed by atoms with Crippen LogP contribution in [0.25, 0.3) is 15.9 Å². The summed E-state index contributed by atoms with van der Waals surface area (Å²) in [5.41, 5.74) is 2.94. The van der Waals surface area contributed by atoms with Gasteiger partial charge in [-0.25, -0.2) is 4.98 Å². The number of imidazole rings is 1. The molecule has 1 atom stereocenters. The number of ketones is 1. The van der Waals surface area contributed by atoms with E-state index in [9.17, 15) is 4.79 Å². The molecule has 1 aliphatic rings. The van der Waals surface area contributed by atoms with Crippen LogP contribution in [0.3, 0.4) is 0 Å². The molecule has 2 heterocycles. The minimum absolute atomic E-state index is 0.0953. The number of hydrogen-bond acceptors (Lipinski definition) is 3. The quantitative estimate of drug-likeness (QED) is 0.777. The number of aromatic nitrogens is 2. The second-order valence-electron chi connectivity index (χ2n) is 4.91. The molecule has 0 fully saturated rings. The van der Waals surface area contributed by atoms with Crippen LogP contribution in [0, 0.1) is 0 Å². The van der Waals surface area contributed by atoms with Crippen LogP contribution in [0.4, 0.5) is 0 Å². The molecular weight excluding hydrogens is 280 g/mol. The first kappa shape index (κ1) is 12.4. The van der Waals surface area contributed by atoms with Crippen LogP contribution in [0.2, 0.25) is 0 Å². The molecule has 1 aliphatic heterocycles. The van der Waals surface area contributed by atoms with Gasteiger partial charge in [0, 0.05) is 4.91 Å². The minimum atomic E-state index is -0.271. The summed E-state index contributed by atoms with van der Waals surface area (Å²) in [6.07, 6.45) is 1.72. The van der Waals surface area contributed by atoms with Gasteiger partial charge in [-0.1, -0.05) is 42.5 Å². The van der Waals surface area contributed by atoms with Gasteiger partial charge in [-0.2, -0.15) is 0 Å². The smallest absolute Gasteiger partial charge is 0.177 e. The van der Waals surface area contributed by atoms with E-state index in [4.69, 9.17) is 0 Å². The number of rotatable bonds is 2. The van der Waals surface area contributed by atoms with E-state index in [1.54, 1.807) is 17.8 Å². The van der Waals surface area contributed by atoms with E-state index in [-0.39, 0.29) is 11.0 Å². The van der Waals surface area contributed by atoms with Crippen LogP contribution >= 0.6 is 11.8 Å². The normalized spacial score (nSPS) is 18.2. The number of para-hydroxylation sites is 2. The largest absolute Gasteiger partial charge is 0.341 e. The lowest BCUT2D eigenvalue weighted by Gasteiger charge is -2.05. The van der Waals surface area contributed by atoms with Crippen LogP contribution in [0.15, 0.2) is 60.7 Å². The third kappa shape index (κ3) is 2.17. The zero-order chi connectivity index (χ0) is 14.2. The number of allylic oxidation sites excluding steroid dienone is 1. The van der Waals surface area contributed by atoms with Gasteiger partial charge in [-0.05, 0) is 23.8 Å². The van der Waals surface area contributed by atoms with E-state index in [1.807, 2.05) is 54.6 Å². The van der Waals surface area contributed by atoms with Crippen LogP contribution in [0.5, 0.6) is 0 Å². The van der Waals surface area contributed by atoms with E-state index < -0.39 is 0 Å². The SMILES string of the molecule is O=C1C=C(c2ccccc2)SC1c1nc2ccccc2[nH]1. The standard InChI is InChI=1S/C17H12N2OS/c20-14-10-15(11-6-2-1-3-7-11)21-16(14)17-18-12-8-4-5-9-13(12)19-17/h1-10,16H,(H,18,19). The van der Waals surface area contributed by atoms with Gasteiger partial charge >= 0.3 is 0 Å². The molecule has 0 spiro atoms. The Labute approximate surface area is 126 Å². The average molecular weight is 292 g/mol. The topological polar surface area (TPSA) is 45.8 Å². The molecule has 4 heteroatoms. The van der Waals surface area contributed by atoms with Gasteiger partial charge in [0.1, 0.15) is 11.1 Å². The van der Waals surface area contributed by atoms with Crippen molar-refractivity contribution in [3.63, 3.8) is 0 Å². The average Bonchev–Trinajstić information content (AvgIpc) is 3.11. The maximum Gasteiger partial charge on any atom is 0.177 e. The number of fused-ring (bicyclic) bond motifs is 1. The summed E-state index contributed by atoms with van der Waals surface area (Å²) < 4.78 is 0. The maximum absolute atomic E-state index is 12.3. The van der Waals surface area contributed by atoms with Crippen molar-refractivity contribution in [2.45, 2.75) is 5.25 Å². The molecule has 1 unspecified atom stereocenters. The van der Waals surface area contributed by atoms with Gasteiger partial charge in [0.05, 0.1) is 11.0 Å². The molecule has 4 rings (SSSR count). The Hall–Kier alpha value is -2.33. The molecule has 3 nitrogen and oxygen atoms in total. The van der Waals surface area contributed by atoms with E-state index in [0.717, 1.165) is 27.3 Å². The maximum atomic E-state index is 12.3. The molecule has 2 aromatic carbocycles. The Kier molecular flexibility index (Phi) is 2.89. The number of H-pyrrole nitrogens is 1. The zero-order valence-electron chi connectivity index (χ0n) is 11.1. The number of nitrogens with one attached hydrogen (secondary N) is 1. The molecule has 0 aliphatic carbocycles. The first-order valence-corrected chi connectivity index (χ1v) is 7.61. The molecule has 102 valence electrons. The lowest BCUT2D eigenvalue weighted by Crippen LogP contribution is -2.03. The van der Waals surface area contributed by atoms with Crippen LogP contribution < -0.4 is 0 Å². The van der Waals surface area contributed by atoms with Crippen molar-refractivity contribution in [3.8, 4) is 0 Å². The number of carbonyl (C=O) groups is 1. The van der Waals surface area contributed by atoms with Crippen LogP contribution in [-0.2, 0) is 4.79 Å². The monoisotopic (exact) mass is 292 g/mol. The number of carbonyl (C=O) groups excluding carboxylic acids is 1. The lowest BCUT2D eigenvalue weighted by molar-refractivity contribution is -0.114. The Balaban J connectivity index is 1.68. The van der Waals surface area contributed by atoms with Crippen molar-refractivity contribution in [2.24, 2.45) is 0 Å². The van der Waals surface area contributed by atoms with Gasteiger partial charge in [-0.3, -0.25) is 4.79 Å². The summed E-state index contributed by atoms with van der Waals surface area (Å²) in [6, 6.07) is 17.8. The van der Waals surface area contributed by atoms with Gasteiger partial charge in [0.15, 0.2) is 5.78 Å². The van der Waals surface area contributed by atoms with E-state index >= 15 is 0 Å². The summed E-state index contributed by atoms with van der Waals surface area (Å²) in [6.45, 7) is 0. The van der Waals surface area contributed by atoms with Gasteiger partial charge in [-0.15, -0.1) is 11.8 Å². The second kappa shape index (κ2) is 4.90.